The zero-order chi connectivity index (χ0) is 13.8. The Morgan fingerprint density at radius 1 is 1.05 bits per heavy atom. The second-order valence-corrected chi connectivity index (χ2v) is 5.50. The Balaban J connectivity index is 2.19. The Hall–Kier alpha value is -1.68. The van der Waals surface area contributed by atoms with E-state index in [0.717, 1.165) is 21.6 Å². The molecule has 0 bridgehead atoms. The first kappa shape index (κ1) is 13.7. The number of nitrogens with two attached hydrogens (primary N) is 1. The molecule has 0 saturated heterocycles. The summed E-state index contributed by atoms with van der Waals surface area (Å²) in [5.41, 5.74) is 8.48. The fourth-order valence-electron chi connectivity index (χ4n) is 1.73. The average Bonchev–Trinajstić information content (AvgIpc) is 2.30. The molecule has 0 aliphatic heterocycles. The van der Waals surface area contributed by atoms with E-state index in [4.69, 9.17) is 10.5 Å². The summed E-state index contributed by atoms with van der Waals surface area (Å²) < 4.78 is 6.72. The Labute approximate surface area is 121 Å². The molecule has 0 heterocycles. The lowest BCUT2D eigenvalue weighted by Crippen LogP contribution is -2.06. The summed E-state index contributed by atoms with van der Waals surface area (Å²) in [4.78, 5) is 0. The summed E-state index contributed by atoms with van der Waals surface area (Å²) in [6.07, 6.45) is 0.127. The summed E-state index contributed by atoms with van der Waals surface area (Å²) >= 11 is 3.41. The van der Waals surface area contributed by atoms with Crippen molar-refractivity contribution in [2.75, 3.05) is 11.1 Å². The highest BCUT2D eigenvalue weighted by Gasteiger charge is 2.03. The molecule has 0 saturated carbocycles. The van der Waals surface area contributed by atoms with Gasteiger partial charge in [0.25, 0.3) is 0 Å². The van der Waals surface area contributed by atoms with Gasteiger partial charge in [-0.25, -0.2) is 0 Å². The number of nitrogens with one attached hydrogen (secondary N) is 1. The quantitative estimate of drug-likeness (QED) is 0.812. The van der Waals surface area contributed by atoms with Gasteiger partial charge in [0, 0.05) is 33.7 Å². The molecule has 4 heteroatoms. The molecule has 0 amide bonds. The van der Waals surface area contributed by atoms with E-state index >= 15 is 0 Å². The molecule has 0 spiro atoms. The molecule has 0 radical (unpaired) electrons. The number of hydrogen-bond donors (Lipinski definition) is 2. The van der Waals surface area contributed by atoms with Crippen LogP contribution >= 0.6 is 15.9 Å². The molecular weight excluding hydrogens is 304 g/mol. The van der Waals surface area contributed by atoms with Crippen molar-refractivity contribution in [3.8, 4) is 5.75 Å². The zero-order valence-electron chi connectivity index (χ0n) is 11.0. The first-order valence-corrected chi connectivity index (χ1v) is 6.92. The van der Waals surface area contributed by atoms with Crippen molar-refractivity contribution < 1.29 is 4.74 Å². The smallest absolute Gasteiger partial charge is 0.123 e. The third kappa shape index (κ3) is 4.17. The molecular formula is C15H17BrN2O. The van der Waals surface area contributed by atoms with Crippen molar-refractivity contribution in [1.82, 2.24) is 0 Å². The molecule has 0 aromatic heterocycles. The average molecular weight is 321 g/mol. The predicted octanol–water partition coefficient (Wildman–Crippen LogP) is 4.56. The molecule has 2 aromatic rings. The number of anilines is 3. The summed E-state index contributed by atoms with van der Waals surface area (Å²) in [5.74, 6) is 0.773. The van der Waals surface area contributed by atoms with Crippen LogP contribution in [-0.4, -0.2) is 6.10 Å². The summed E-state index contributed by atoms with van der Waals surface area (Å²) in [5, 5.41) is 3.30. The van der Waals surface area contributed by atoms with E-state index in [-0.39, 0.29) is 6.10 Å². The second-order valence-electron chi connectivity index (χ2n) is 4.59. The summed E-state index contributed by atoms with van der Waals surface area (Å²) in [6.45, 7) is 3.98. The van der Waals surface area contributed by atoms with E-state index in [9.17, 15) is 0 Å². The molecule has 3 N–H and O–H groups in total. The lowest BCUT2D eigenvalue weighted by atomic mass is 10.2. The van der Waals surface area contributed by atoms with Gasteiger partial charge < -0.3 is 15.8 Å². The summed E-state index contributed by atoms with van der Waals surface area (Å²) in [6, 6.07) is 13.6. The van der Waals surface area contributed by atoms with Crippen LogP contribution in [0, 0.1) is 0 Å². The van der Waals surface area contributed by atoms with Gasteiger partial charge in [-0.05, 0) is 44.2 Å². The Bertz CT molecular complexity index is 553. The SMILES string of the molecule is CC(C)Oc1cc(N)cc(Nc2ccc(Br)cc2)c1. The molecule has 0 aliphatic rings. The van der Waals surface area contributed by atoms with Crippen molar-refractivity contribution in [1.29, 1.82) is 0 Å². The van der Waals surface area contributed by atoms with Crippen LogP contribution in [0.25, 0.3) is 0 Å². The normalized spacial score (nSPS) is 10.5. The lowest BCUT2D eigenvalue weighted by Gasteiger charge is -2.13. The molecule has 2 aromatic carbocycles. The monoisotopic (exact) mass is 320 g/mol. The van der Waals surface area contributed by atoms with Gasteiger partial charge in [0.2, 0.25) is 0 Å². The molecule has 0 aliphatic carbocycles. The fraction of sp³-hybridized carbons (Fsp3) is 0.200. The van der Waals surface area contributed by atoms with E-state index in [0.29, 0.717) is 5.69 Å². The lowest BCUT2D eigenvalue weighted by molar-refractivity contribution is 0.242. The minimum absolute atomic E-state index is 0.127. The minimum Gasteiger partial charge on any atom is -0.491 e. The minimum atomic E-state index is 0.127. The Morgan fingerprint density at radius 2 is 1.74 bits per heavy atom. The maximum absolute atomic E-state index is 5.89. The molecule has 2 rings (SSSR count). The molecule has 0 fully saturated rings. The fourth-order valence-corrected chi connectivity index (χ4v) is 2.00. The van der Waals surface area contributed by atoms with Crippen molar-refractivity contribution in [3.63, 3.8) is 0 Å². The second kappa shape index (κ2) is 5.97. The largest absolute Gasteiger partial charge is 0.491 e. The number of benzene rings is 2. The number of hydrogen-bond acceptors (Lipinski definition) is 3. The number of rotatable bonds is 4. The maximum atomic E-state index is 5.89. The maximum Gasteiger partial charge on any atom is 0.123 e. The van der Waals surface area contributed by atoms with Gasteiger partial charge >= 0.3 is 0 Å². The third-order valence-electron chi connectivity index (χ3n) is 2.43. The van der Waals surface area contributed by atoms with E-state index in [1.54, 1.807) is 0 Å². The highest BCUT2D eigenvalue weighted by atomic mass is 79.9. The van der Waals surface area contributed by atoms with E-state index < -0.39 is 0 Å². The highest BCUT2D eigenvalue weighted by Crippen LogP contribution is 2.26. The number of halogens is 1. The van der Waals surface area contributed by atoms with Crippen LogP contribution in [0.5, 0.6) is 5.75 Å². The molecule has 0 atom stereocenters. The van der Waals surface area contributed by atoms with Crippen molar-refractivity contribution in [2.45, 2.75) is 20.0 Å². The van der Waals surface area contributed by atoms with Crippen LogP contribution in [0.2, 0.25) is 0 Å². The third-order valence-corrected chi connectivity index (χ3v) is 2.96. The van der Waals surface area contributed by atoms with Gasteiger partial charge in [0.15, 0.2) is 0 Å². The topological polar surface area (TPSA) is 47.3 Å². The molecule has 100 valence electrons. The van der Waals surface area contributed by atoms with E-state index in [1.807, 2.05) is 56.3 Å². The van der Waals surface area contributed by atoms with Gasteiger partial charge in [-0.3, -0.25) is 0 Å². The standard InChI is InChI=1S/C15H17BrN2O/c1-10(2)19-15-8-12(17)7-14(9-15)18-13-5-3-11(16)4-6-13/h3-10,18H,17H2,1-2H3. The number of ether oxygens (including phenoxy) is 1. The van der Waals surface area contributed by atoms with Gasteiger partial charge in [0.1, 0.15) is 5.75 Å². The highest BCUT2D eigenvalue weighted by molar-refractivity contribution is 9.10. The van der Waals surface area contributed by atoms with E-state index in [2.05, 4.69) is 21.2 Å². The predicted molar refractivity (Wildman–Crippen MR) is 84.0 cm³/mol. The van der Waals surface area contributed by atoms with Crippen LogP contribution in [0.15, 0.2) is 46.9 Å². The van der Waals surface area contributed by atoms with Crippen LogP contribution in [0.3, 0.4) is 0 Å². The van der Waals surface area contributed by atoms with Crippen molar-refractivity contribution >= 4 is 33.0 Å². The molecule has 19 heavy (non-hydrogen) atoms. The van der Waals surface area contributed by atoms with Gasteiger partial charge in [0.05, 0.1) is 6.10 Å². The van der Waals surface area contributed by atoms with Gasteiger partial charge in [-0.1, -0.05) is 15.9 Å². The van der Waals surface area contributed by atoms with Gasteiger partial charge in [-0.15, -0.1) is 0 Å². The van der Waals surface area contributed by atoms with Crippen LogP contribution in [-0.2, 0) is 0 Å². The Kier molecular flexibility index (Phi) is 4.32. The van der Waals surface area contributed by atoms with Crippen molar-refractivity contribution in [2.24, 2.45) is 0 Å². The van der Waals surface area contributed by atoms with Gasteiger partial charge in [-0.2, -0.15) is 0 Å². The zero-order valence-corrected chi connectivity index (χ0v) is 12.6. The van der Waals surface area contributed by atoms with Crippen LogP contribution in [0.1, 0.15) is 13.8 Å². The number of nitrogen functional groups attached to an aromatic ring is 1. The molecule has 0 unspecified atom stereocenters. The molecule has 3 nitrogen and oxygen atoms in total. The van der Waals surface area contributed by atoms with Crippen LogP contribution in [0.4, 0.5) is 17.1 Å². The van der Waals surface area contributed by atoms with Crippen molar-refractivity contribution in [3.05, 3.63) is 46.9 Å². The first-order chi connectivity index (χ1) is 9.02. The van der Waals surface area contributed by atoms with Crippen LogP contribution < -0.4 is 15.8 Å². The first-order valence-electron chi connectivity index (χ1n) is 6.13. The summed E-state index contributed by atoms with van der Waals surface area (Å²) in [7, 11) is 0. The Morgan fingerprint density at radius 3 is 2.37 bits per heavy atom. The van der Waals surface area contributed by atoms with E-state index in [1.165, 1.54) is 0 Å².